The molecule has 8 nitrogen and oxygen atoms in total. The van der Waals surface area contributed by atoms with Crippen molar-refractivity contribution in [1.82, 2.24) is 10.4 Å². The van der Waals surface area contributed by atoms with Crippen LogP contribution in [0.1, 0.15) is 43.4 Å². The molecule has 1 aliphatic carbocycles. The summed E-state index contributed by atoms with van der Waals surface area (Å²) >= 11 is 0. The summed E-state index contributed by atoms with van der Waals surface area (Å²) in [4.78, 5) is 14.0. The van der Waals surface area contributed by atoms with E-state index < -0.39 is 23.6 Å². The summed E-state index contributed by atoms with van der Waals surface area (Å²) < 4.78 is 44.3. The van der Waals surface area contributed by atoms with Gasteiger partial charge in [-0.1, -0.05) is 42.0 Å². The number of carbonyl (C=O) groups is 1. The predicted octanol–water partition coefficient (Wildman–Crippen LogP) is 3.65. The molecule has 9 heteroatoms. The van der Waals surface area contributed by atoms with Gasteiger partial charge >= 0.3 is 0 Å². The Hall–Kier alpha value is -2.40. The predicted molar refractivity (Wildman–Crippen MR) is 137 cm³/mol. The Morgan fingerprint density at radius 2 is 1.82 bits per heavy atom. The van der Waals surface area contributed by atoms with Crippen molar-refractivity contribution in [3.63, 3.8) is 0 Å². The number of carbonyl (C=O) groups excluding carboxylic acids is 1. The third-order valence-corrected chi connectivity index (χ3v) is 7.31. The van der Waals surface area contributed by atoms with Gasteiger partial charge in [0.1, 0.15) is 11.9 Å². The van der Waals surface area contributed by atoms with Crippen molar-refractivity contribution in [3.8, 4) is 0 Å². The fourth-order valence-corrected chi connectivity index (χ4v) is 5.44. The van der Waals surface area contributed by atoms with E-state index in [4.69, 9.17) is 23.7 Å². The van der Waals surface area contributed by atoms with Gasteiger partial charge in [-0.2, -0.15) is 0 Å². The van der Waals surface area contributed by atoms with Crippen LogP contribution in [0.2, 0.25) is 0 Å². The Balaban J connectivity index is 1.40. The number of hydrogen-bond donors (Lipinski definition) is 1. The second-order valence-electron chi connectivity index (χ2n) is 10.8. The maximum Gasteiger partial charge on any atom is 0.266 e. The highest BCUT2D eigenvalue weighted by Crippen LogP contribution is 2.44. The van der Waals surface area contributed by atoms with Crippen molar-refractivity contribution in [2.45, 2.75) is 76.5 Å². The Morgan fingerprint density at radius 3 is 2.55 bits per heavy atom. The molecule has 2 aliphatic heterocycles. The van der Waals surface area contributed by atoms with E-state index >= 15 is 0 Å². The van der Waals surface area contributed by atoms with Crippen molar-refractivity contribution in [1.29, 1.82) is 0 Å². The maximum absolute atomic E-state index is 14.0. The van der Waals surface area contributed by atoms with E-state index in [0.717, 1.165) is 16.7 Å². The molecule has 4 atom stereocenters. The zero-order chi connectivity index (χ0) is 26.8. The Morgan fingerprint density at radius 1 is 1.05 bits per heavy atom. The molecule has 206 valence electrons. The van der Waals surface area contributed by atoms with Crippen molar-refractivity contribution in [2.75, 3.05) is 26.3 Å². The topological polar surface area (TPSA) is 78.5 Å². The molecular formula is C29H37FN2O6. The fourth-order valence-electron chi connectivity index (χ4n) is 5.44. The SMILES string of the molecule is Cc1cccc(CO[C@]2(C(=O)NN3CCOCC3)C[C@@H](OCc3ccc(F)cc3)[C@@H]3OC(C)(C)O[C@@H]3C2)c1. The van der Waals surface area contributed by atoms with Crippen molar-refractivity contribution in [2.24, 2.45) is 0 Å². The zero-order valence-corrected chi connectivity index (χ0v) is 22.3. The number of morpholine rings is 1. The number of aryl methyl sites for hydroxylation is 1. The lowest BCUT2D eigenvalue weighted by Crippen LogP contribution is -2.63. The summed E-state index contributed by atoms with van der Waals surface area (Å²) in [6.45, 7) is 8.58. The minimum atomic E-state index is -1.21. The van der Waals surface area contributed by atoms with Crippen LogP contribution in [0.3, 0.4) is 0 Å². The van der Waals surface area contributed by atoms with E-state index in [0.29, 0.717) is 32.7 Å². The van der Waals surface area contributed by atoms with Gasteiger partial charge in [-0.05, 0) is 44.0 Å². The molecule has 0 spiro atoms. The van der Waals surface area contributed by atoms with Crippen LogP contribution in [0.25, 0.3) is 0 Å². The van der Waals surface area contributed by atoms with E-state index in [1.165, 1.54) is 12.1 Å². The molecule has 5 rings (SSSR count). The summed E-state index contributed by atoms with van der Waals surface area (Å²) in [7, 11) is 0. The van der Waals surface area contributed by atoms with E-state index in [1.54, 1.807) is 12.1 Å². The van der Waals surface area contributed by atoms with Crippen LogP contribution in [0.5, 0.6) is 0 Å². The molecule has 2 heterocycles. The van der Waals surface area contributed by atoms with Gasteiger partial charge in [0.2, 0.25) is 0 Å². The highest BCUT2D eigenvalue weighted by atomic mass is 19.1. The first-order valence-electron chi connectivity index (χ1n) is 13.3. The van der Waals surface area contributed by atoms with Gasteiger partial charge in [0.25, 0.3) is 5.91 Å². The van der Waals surface area contributed by atoms with Crippen molar-refractivity contribution in [3.05, 3.63) is 71.0 Å². The minimum Gasteiger partial charge on any atom is -0.379 e. The lowest BCUT2D eigenvalue weighted by atomic mass is 9.78. The van der Waals surface area contributed by atoms with Crippen LogP contribution in [0.15, 0.2) is 48.5 Å². The van der Waals surface area contributed by atoms with Gasteiger partial charge < -0.3 is 23.7 Å². The summed E-state index contributed by atoms with van der Waals surface area (Å²) in [5, 5.41) is 1.88. The summed E-state index contributed by atoms with van der Waals surface area (Å²) in [5.74, 6) is -1.35. The van der Waals surface area contributed by atoms with Gasteiger partial charge in [-0.3, -0.25) is 10.2 Å². The first kappa shape index (κ1) is 27.2. The molecule has 38 heavy (non-hydrogen) atoms. The number of halogens is 1. The molecule has 1 saturated carbocycles. The molecule has 0 aromatic heterocycles. The standard InChI is InChI=1S/C29H37FN2O6/c1-20-5-4-6-22(15-20)19-36-29(27(33)31-32-11-13-34-14-12-32)16-24(26-25(17-29)37-28(2,3)38-26)35-18-21-7-9-23(30)10-8-21/h4-10,15,24-26H,11-14,16-19H2,1-3H3,(H,31,33)/t24-,25-,26+,29-/m1/s1. The Kier molecular flexibility index (Phi) is 8.14. The third-order valence-electron chi connectivity index (χ3n) is 7.31. The number of hydrazine groups is 1. The quantitative estimate of drug-likeness (QED) is 0.561. The van der Waals surface area contributed by atoms with Crippen LogP contribution >= 0.6 is 0 Å². The molecule has 1 N–H and O–H groups in total. The van der Waals surface area contributed by atoms with Crippen LogP contribution in [-0.4, -0.2) is 66.9 Å². The van der Waals surface area contributed by atoms with Gasteiger partial charge in [0.15, 0.2) is 11.4 Å². The number of fused-ring (bicyclic) bond motifs is 1. The molecule has 2 aromatic carbocycles. The first-order valence-corrected chi connectivity index (χ1v) is 13.3. The number of nitrogens with zero attached hydrogens (tertiary/aromatic N) is 1. The van der Waals surface area contributed by atoms with Crippen LogP contribution < -0.4 is 5.43 Å². The molecule has 3 fully saturated rings. The molecule has 0 bridgehead atoms. The second kappa shape index (κ2) is 11.4. The minimum absolute atomic E-state index is 0.228. The molecule has 1 amide bonds. The van der Waals surface area contributed by atoms with Crippen molar-refractivity contribution >= 4 is 5.91 Å². The van der Waals surface area contributed by atoms with Gasteiger partial charge in [0.05, 0.1) is 38.6 Å². The molecule has 0 radical (unpaired) electrons. The summed E-state index contributed by atoms with van der Waals surface area (Å²) in [6.07, 6.45) is -0.619. The number of hydrogen-bond acceptors (Lipinski definition) is 7. The van der Waals surface area contributed by atoms with Crippen LogP contribution in [-0.2, 0) is 41.7 Å². The summed E-state index contributed by atoms with van der Waals surface area (Å²) in [5.41, 5.74) is 4.80. The molecule has 3 aliphatic rings. The normalized spacial score (nSPS) is 29.1. The number of nitrogens with one attached hydrogen (secondary N) is 1. The van der Waals surface area contributed by atoms with E-state index in [1.807, 2.05) is 44.0 Å². The molecular weight excluding hydrogens is 491 g/mol. The monoisotopic (exact) mass is 528 g/mol. The second-order valence-corrected chi connectivity index (χ2v) is 10.8. The maximum atomic E-state index is 14.0. The van der Waals surface area contributed by atoms with E-state index in [9.17, 15) is 9.18 Å². The Bertz CT molecular complexity index is 1110. The number of amides is 1. The van der Waals surface area contributed by atoms with E-state index in [2.05, 4.69) is 11.5 Å². The summed E-state index contributed by atoms with van der Waals surface area (Å²) in [6, 6.07) is 14.3. The average Bonchev–Trinajstić information content (AvgIpc) is 3.21. The highest BCUT2D eigenvalue weighted by Gasteiger charge is 2.58. The number of rotatable bonds is 8. The lowest BCUT2D eigenvalue weighted by molar-refractivity contribution is -0.187. The molecule has 2 saturated heterocycles. The highest BCUT2D eigenvalue weighted by molar-refractivity contribution is 5.85. The zero-order valence-electron chi connectivity index (χ0n) is 22.3. The average molecular weight is 529 g/mol. The van der Waals surface area contributed by atoms with E-state index in [-0.39, 0.29) is 37.5 Å². The van der Waals surface area contributed by atoms with Crippen LogP contribution in [0.4, 0.5) is 4.39 Å². The van der Waals surface area contributed by atoms with Gasteiger partial charge in [0, 0.05) is 25.9 Å². The third kappa shape index (κ3) is 6.42. The van der Waals surface area contributed by atoms with Gasteiger partial charge in [-0.15, -0.1) is 0 Å². The smallest absolute Gasteiger partial charge is 0.266 e. The lowest BCUT2D eigenvalue weighted by Gasteiger charge is -2.44. The molecule has 2 aromatic rings. The van der Waals surface area contributed by atoms with Gasteiger partial charge in [-0.25, -0.2) is 9.40 Å². The first-order chi connectivity index (χ1) is 18.2. The van der Waals surface area contributed by atoms with Crippen LogP contribution in [0, 0.1) is 12.7 Å². The fraction of sp³-hybridized carbons (Fsp3) is 0.552. The van der Waals surface area contributed by atoms with Crippen molar-refractivity contribution < 1.29 is 32.9 Å². The Labute approximate surface area is 223 Å². The number of ether oxygens (including phenoxy) is 5. The molecule has 0 unspecified atom stereocenters. The number of benzene rings is 2. The largest absolute Gasteiger partial charge is 0.379 e.